The predicted octanol–water partition coefficient (Wildman–Crippen LogP) is 2.49. The minimum atomic E-state index is -0.871. The summed E-state index contributed by atoms with van der Waals surface area (Å²) in [4.78, 5) is 39.3. The van der Waals surface area contributed by atoms with Gasteiger partial charge in [0, 0.05) is 10.9 Å². The number of carbonyl (C=O) groups is 3. The Hall–Kier alpha value is -3.20. The predicted molar refractivity (Wildman–Crippen MR) is 85.0 cm³/mol. The van der Waals surface area contributed by atoms with E-state index in [1.807, 2.05) is 11.4 Å². The second kappa shape index (κ2) is 6.02. The van der Waals surface area contributed by atoms with Crippen molar-refractivity contribution in [1.82, 2.24) is 15.0 Å². The highest BCUT2D eigenvalue weighted by Crippen LogP contribution is 2.24. The molecule has 126 valence electrons. The van der Waals surface area contributed by atoms with E-state index in [4.69, 9.17) is 8.94 Å². The van der Waals surface area contributed by atoms with Gasteiger partial charge in [-0.2, -0.15) is 0 Å². The van der Waals surface area contributed by atoms with Gasteiger partial charge < -0.3 is 8.94 Å². The number of nitrogens with zero attached hydrogens (tertiary/aromatic N) is 3. The number of thiophene rings is 1. The number of imide groups is 2. The molecular weight excluding hydrogens is 346 g/mol. The standard InChI is InChI=1S/C16H11N3O5S/c20-14-15(21)19(9-11-3-2-6-25-11)16(22)18(14)8-10-7-13(24-17-10)12-4-1-5-23-12/h1-7H,8-9H2. The van der Waals surface area contributed by atoms with E-state index in [9.17, 15) is 14.4 Å². The van der Waals surface area contributed by atoms with Gasteiger partial charge in [0.2, 0.25) is 5.76 Å². The molecule has 4 heterocycles. The molecule has 1 aliphatic rings. The van der Waals surface area contributed by atoms with Crippen LogP contribution in [0.5, 0.6) is 0 Å². The number of furan rings is 1. The number of urea groups is 1. The zero-order chi connectivity index (χ0) is 17.4. The topological polar surface area (TPSA) is 96.9 Å². The Balaban J connectivity index is 1.51. The molecule has 0 aromatic carbocycles. The van der Waals surface area contributed by atoms with Crippen molar-refractivity contribution >= 4 is 29.2 Å². The van der Waals surface area contributed by atoms with Crippen molar-refractivity contribution in [3.63, 3.8) is 0 Å². The summed E-state index contributed by atoms with van der Waals surface area (Å²) < 4.78 is 10.3. The van der Waals surface area contributed by atoms with Gasteiger partial charge in [0.15, 0.2) is 5.76 Å². The molecule has 0 saturated carbocycles. The first-order valence-corrected chi connectivity index (χ1v) is 8.20. The molecule has 1 fully saturated rings. The van der Waals surface area contributed by atoms with Crippen molar-refractivity contribution in [2.45, 2.75) is 13.1 Å². The van der Waals surface area contributed by atoms with Crippen LogP contribution in [-0.2, 0) is 22.7 Å². The molecule has 0 atom stereocenters. The Morgan fingerprint density at radius 3 is 2.48 bits per heavy atom. The zero-order valence-corrected chi connectivity index (χ0v) is 13.6. The van der Waals surface area contributed by atoms with Crippen LogP contribution < -0.4 is 0 Å². The minimum Gasteiger partial charge on any atom is -0.461 e. The van der Waals surface area contributed by atoms with E-state index in [1.165, 1.54) is 17.6 Å². The van der Waals surface area contributed by atoms with Gasteiger partial charge in [-0.15, -0.1) is 11.3 Å². The Morgan fingerprint density at radius 1 is 1.00 bits per heavy atom. The highest BCUT2D eigenvalue weighted by atomic mass is 32.1. The molecule has 1 saturated heterocycles. The SMILES string of the molecule is O=C1C(=O)N(Cc2cccs2)C(=O)N1Cc1cc(-c2ccco2)on1. The van der Waals surface area contributed by atoms with E-state index in [1.54, 1.807) is 24.3 Å². The molecule has 8 nitrogen and oxygen atoms in total. The van der Waals surface area contributed by atoms with Gasteiger partial charge in [-0.25, -0.2) is 9.69 Å². The van der Waals surface area contributed by atoms with E-state index in [2.05, 4.69) is 5.16 Å². The Kier molecular flexibility index (Phi) is 3.69. The van der Waals surface area contributed by atoms with Crippen LogP contribution in [-0.4, -0.2) is 32.8 Å². The fraction of sp³-hybridized carbons (Fsp3) is 0.125. The first kappa shape index (κ1) is 15.3. The molecule has 4 amide bonds. The van der Waals surface area contributed by atoms with Crippen molar-refractivity contribution in [2.75, 3.05) is 0 Å². The van der Waals surface area contributed by atoms with Gasteiger partial charge in [0.05, 0.1) is 19.4 Å². The highest BCUT2D eigenvalue weighted by Gasteiger charge is 2.44. The first-order chi connectivity index (χ1) is 12.1. The fourth-order valence-corrected chi connectivity index (χ4v) is 3.16. The van der Waals surface area contributed by atoms with Crippen LogP contribution in [0.2, 0.25) is 0 Å². The van der Waals surface area contributed by atoms with Crippen molar-refractivity contribution in [3.05, 3.63) is 52.5 Å². The van der Waals surface area contributed by atoms with Crippen molar-refractivity contribution in [1.29, 1.82) is 0 Å². The molecule has 0 radical (unpaired) electrons. The number of aromatic nitrogens is 1. The van der Waals surface area contributed by atoms with E-state index in [0.717, 1.165) is 14.7 Å². The van der Waals surface area contributed by atoms with Crippen LogP contribution in [0.25, 0.3) is 11.5 Å². The van der Waals surface area contributed by atoms with Crippen molar-refractivity contribution in [3.8, 4) is 11.5 Å². The molecule has 3 aromatic rings. The van der Waals surface area contributed by atoms with Gasteiger partial charge >= 0.3 is 17.8 Å². The maximum atomic E-state index is 12.4. The molecule has 0 N–H and O–H groups in total. The summed E-state index contributed by atoms with van der Waals surface area (Å²) in [6, 6.07) is 7.91. The third-order valence-corrected chi connectivity index (χ3v) is 4.53. The lowest BCUT2D eigenvalue weighted by Gasteiger charge is -2.13. The molecule has 0 aliphatic carbocycles. The Morgan fingerprint density at radius 2 is 1.80 bits per heavy atom. The average Bonchev–Trinajstić information content (AvgIpc) is 3.38. The monoisotopic (exact) mass is 357 g/mol. The second-order valence-electron chi connectivity index (χ2n) is 5.30. The summed E-state index contributed by atoms with van der Waals surface area (Å²) in [5.74, 6) is -0.855. The number of hydrogen-bond donors (Lipinski definition) is 0. The van der Waals surface area contributed by atoms with Crippen LogP contribution in [0, 0.1) is 0 Å². The normalized spacial score (nSPS) is 14.8. The van der Waals surface area contributed by atoms with Gasteiger partial charge in [-0.3, -0.25) is 14.5 Å². The highest BCUT2D eigenvalue weighted by molar-refractivity contribution is 7.09. The summed E-state index contributed by atoms with van der Waals surface area (Å²) in [6.07, 6.45) is 1.49. The van der Waals surface area contributed by atoms with Crippen LogP contribution in [0.3, 0.4) is 0 Å². The summed E-state index contributed by atoms with van der Waals surface area (Å²) in [7, 11) is 0. The largest absolute Gasteiger partial charge is 0.461 e. The third kappa shape index (κ3) is 2.74. The third-order valence-electron chi connectivity index (χ3n) is 3.67. The minimum absolute atomic E-state index is 0.0774. The fourth-order valence-electron chi connectivity index (χ4n) is 2.47. The van der Waals surface area contributed by atoms with Crippen molar-refractivity contribution in [2.24, 2.45) is 0 Å². The summed E-state index contributed by atoms with van der Waals surface area (Å²) in [5, 5.41) is 5.66. The molecular formula is C16H11N3O5S. The van der Waals surface area contributed by atoms with Crippen molar-refractivity contribution < 1.29 is 23.3 Å². The van der Waals surface area contributed by atoms with E-state index >= 15 is 0 Å². The molecule has 0 spiro atoms. The summed E-state index contributed by atoms with van der Waals surface area (Å²) in [5.41, 5.74) is 0.346. The lowest BCUT2D eigenvalue weighted by Crippen LogP contribution is -2.32. The van der Waals surface area contributed by atoms with Gasteiger partial charge in [-0.1, -0.05) is 11.2 Å². The lowest BCUT2D eigenvalue weighted by molar-refractivity contribution is -0.143. The molecule has 0 unspecified atom stereocenters. The van der Waals surface area contributed by atoms with E-state index in [0.29, 0.717) is 17.2 Å². The second-order valence-corrected chi connectivity index (χ2v) is 6.34. The van der Waals surface area contributed by atoms with Crippen LogP contribution in [0.15, 0.2) is 50.9 Å². The van der Waals surface area contributed by atoms with E-state index < -0.39 is 17.8 Å². The van der Waals surface area contributed by atoms with Crippen LogP contribution >= 0.6 is 11.3 Å². The number of hydrogen-bond acceptors (Lipinski definition) is 7. The molecule has 25 heavy (non-hydrogen) atoms. The van der Waals surface area contributed by atoms with Gasteiger partial charge in [0.25, 0.3) is 0 Å². The van der Waals surface area contributed by atoms with Gasteiger partial charge in [-0.05, 0) is 23.6 Å². The smallest absolute Gasteiger partial charge is 0.334 e. The number of amides is 4. The molecule has 1 aliphatic heterocycles. The quantitative estimate of drug-likeness (QED) is 0.514. The number of carbonyl (C=O) groups excluding carboxylic acids is 3. The summed E-state index contributed by atoms with van der Waals surface area (Å²) >= 11 is 1.41. The summed E-state index contributed by atoms with van der Waals surface area (Å²) in [6.45, 7) is -0.0669. The zero-order valence-electron chi connectivity index (χ0n) is 12.7. The maximum absolute atomic E-state index is 12.4. The van der Waals surface area contributed by atoms with E-state index in [-0.39, 0.29) is 13.1 Å². The molecule has 9 heteroatoms. The molecule has 4 rings (SSSR count). The molecule has 3 aromatic heterocycles. The average molecular weight is 357 g/mol. The first-order valence-electron chi connectivity index (χ1n) is 7.32. The lowest BCUT2D eigenvalue weighted by atomic mass is 10.3. The number of rotatable bonds is 5. The molecule has 0 bridgehead atoms. The maximum Gasteiger partial charge on any atom is 0.334 e. The Bertz CT molecular complexity index is 929. The Labute approximate surface area is 145 Å². The van der Waals surface area contributed by atoms with Gasteiger partial charge in [0.1, 0.15) is 5.69 Å². The van der Waals surface area contributed by atoms with Crippen LogP contribution in [0.4, 0.5) is 4.79 Å². The van der Waals surface area contributed by atoms with Crippen LogP contribution in [0.1, 0.15) is 10.6 Å².